The zero-order valence-corrected chi connectivity index (χ0v) is 12.9. The van der Waals surface area contributed by atoms with Crippen molar-refractivity contribution in [2.24, 2.45) is 0 Å². The lowest BCUT2D eigenvalue weighted by atomic mass is 10.0. The molecule has 3 atom stereocenters. The van der Waals surface area contributed by atoms with Crippen LogP contribution in [-0.2, 0) is 0 Å². The monoisotopic (exact) mass is 258 g/mol. The lowest BCUT2D eigenvalue weighted by Gasteiger charge is -2.43. The summed E-state index contributed by atoms with van der Waals surface area (Å²) in [5, 5.41) is 3.68. The first kappa shape index (κ1) is 15.3. The summed E-state index contributed by atoms with van der Waals surface area (Å²) in [6.07, 6.45) is 3.86. The maximum Gasteiger partial charge on any atom is 0.0221 e. The first-order valence-corrected chi connectivity index (χ1v) is 8.45. The Hall–Kier alpha value is 0.270. The van der Waals surface area contributed by atoms with Crippen LogP contribution in [0.1, 0.15) is 47.0 Å². The molecule has 1 rings (SSSR count). The van der Waals surface area contributed by atoms with E-state index in [-0.39, 0.29) is 0 Å². The van der Waals surface area contributed by atoms with Crippen molar-refractivity contribution in [1.29, 1.82) is 0 Å². The van der Waals surface area contributed by atoms with Crippen LogP contribution in [0.15, 0.2) is 0 Å². The molecule has 0 bridgehead atoms. The summed E-state index contributed by atoms with van der Waals surface area (Å²) in [5.41, 5.74) is 0. The van der Waals surface area contributed by atoms with Crippen molar-refractivity contribution in [2.75, 3.05) is 24.6 Å². The number of piperazine rings is 1. The molecule has 0 aromatic heterocycles. The summed E-state index contributed by atoms with van der Waals surface area (Å²) in [4.78, 5) is 2.75. The fourth-order valence-electron chi connectivity index (χ4n) is 2.64. The highest BCUT2D eigenvalue weighted by atomic mass is 32.2. The van der Waals surface area contributed by atoms with Gasteiger partial charge < -0.3 is 5.32 Å². The molecule has 0 amide bonds. The minimum atomic E-state index is 0.707. The molecular weight excluding hydrogens is 228 g/mol. The van der Waals surface area contributed by atoms with Crippen molar-refractivity contribution in [2.45, 2.75) is 65.1 Å². The summed E-state index contributed by atoms with van der Waals surface area (Å²) < 4.78 is 0. The molecule has 0 radical (unpaired) electrons. The van der Waals surface area contributed by atoms with Crippen molar-refractivity contribution in [3.63, 3.8) is 0 Å². The topological polar surface area (TPSA) is 15.3 Å². The standard InChI is InChI=1S/C14H30N2S/c1-5-13-11-16(14(6-2)10-15-13)12(4)8-9-17-7-3/h12-15H,5-11H2,1-4H3. The van der Waals surface area contributed by atoms with Crippen LogP contribution in [0, 0.1) is 0 Å². The van der Waals surface area contributed by atoms with Crippen LogP contribution in [-0.4, -0.2) is 47.6 Å². The number of nitrogens with one attached hydrogen (secondary N) is 1. The Kier molecular flexibility index (Phi) is 7.56. The Morgan fingerprint density at radius 1 is 1.29 bits per heavy atom. The van der Waals surface area contributed by atoms with E-state index in [0.29, 0.717) is 6.04 Å². The predicted octanol–water partition coefficient (Wildman–Crippen LogP) is 2.98. The second-order valence-electron chi connectivity index (χ2n) is 5.11. The molecular formula is C14H30N2S. The number of thioether (sulfide) groups is 1. The number of rotatable bonds is 7. The van der Waals surface area contributed by atoms with E-state index < -0.39 is 0 Å². The molecule has 0 saturated carbocycles. The van der Waals surface area contributed by atoms with Gasteiger partial charge in [0.1, 0.15) is 0 Å². The van der Waals surface area contributed by atoms with Gasteiger partial charge >= 0.3 is 0 Å². The molecule has 2 nitrogen and oxygen atoms in total. The van der Waals surface area contributed by atoms with Gasteiger partial charge in [-0.15, -0.1) is 0 Å². The van der Waals surface area contributed by atoms with E-state index in [0.717, 1.165) is 12.1 Å². The lowest BCUT2D eigenvalue weighted by molar-refractivity contribution is 0.0839. The minimum Gasteiger partial charge on any atom is -0.311 e. The Labute approximate surface area is 112 Å². The van der Waals surface area contributed by atoms with Crippen LogP contribution in [0.4, 0.5) is 0 Å². The van der Waals surface area contributed by atoms with E-state index >= 15 is 0 Å². The van der Waals surface area contributed by atoms with Gasteiger partial charge in [-0.05, 0) is 37.7 Å². The van der Waals surface area contributed by atoms with Crippen LogP contribution in [0.2, 0.25) is 0 Å². The normalized spacial score (nSPS) is 28.2. The summed E-state index contributed by atoms with van der Waals surface area (Å²) in [6, 6.07) is 2.20. The Bertz CT molecular complexity index is 199. The van der Waals surface area contributed by atoms with Crippen LogP contribution in [0.25, 0.3) is 0 Å². The molecule has 102 valence electrons. The van der Waals surface area contributed by atoms with Crippen molar-refractivity contribution in [3.8, 4) is 0 Å². The summed E-state index contributed by atoms with van der Waals surface area (Å²) in [7, 11) is 0. The zero-order valence-electron chi connectivity index (χ0n) is 12.0. The molecule has 1 saturated heterocycles. The van der Waals surface area contributed by atoms with E-state index in [1.807, 2.05) is 0 Å². The molecule has 1 N–H and O–H groups in total. The smallest absolute Gasteiger partial charge is 0.0221 e. The van der Waals surface area contributed by atoms with Gasteiger partial charge in [-0.25, -0.2) is 0 Å². The third-order valence-electron chi connectivity index (χ3n) is 3.96. The molecule has 0 aromatic rings. The number of hydrogen-bond donors (Lipinski definition) is 1. The molecule has 1 fully saturated rings. The van der Waals surface area contributed by atoms with Crippen LogP contribution < -0.4 is 5.32 Å². The van der Waals surface area contributed by atoms with Crippen LogP contribution in [0.3, 0.4) is 0 Å². The summed E-state index contributed by atoms with van der Waals surface area (Å²) >= 11 is 2.07. The molecule has 0 spiro atoms. The lowest BCUT2D eigenvalue weighted by Crippen LogP contribution is -2.58. The largest absolute Gasteiger partial charge is 0.311 e. The van der Waals surface area contributed by atoms with Crippen molar-refractivity contribution in [3.05, 3.63) is 0 Å². The van der Waals surface area contributed by atoms with Gasteiger partial charge in [0.15, 0.2) is 0 Å². The highest BCUT2D eigenvalue weighted by molar-refractivity contribution is 7.99. The Balaban J connectivity index is 2.44. The number of nitrogens with zero attached hydrogens (tertiary/aromatic N) is 1. The van der Waals surface area contributed by atoms with Gasteiger partial charge in [0.25, 0.3) is 0 Å². The number of hydrogen-bond acceptors (Lipinski definition) is 3. The Morgan fingerprint density at radius 3 is 2.65 bits per heavy atom. The Morgan fingerprint density at radius 2 is 2.06 bits per heavy atom. The average Bonchev–Trinajstić information content (AvgIpc) is 2.38. The molecule has 0 aliphatic carbocycles. The van der Waals surface area contributed by atoms with Crippen LogP contribution in [0.5, 0.6) is 0 Å². The van der Waals surface area contributed by atoms with E-state index in [2.05, 4.69) is 49.7 Å². The van der Waals surface area contributed by atoms with E-state index in [4.69, 9.17) is 0 Å². The van der Waals surface area contributed by atoms with Gasteiger partial charge in [0.05, 0.1) is 0 Å². The first-order valence-electron chi connectivity index (χ1n) is 7.29. The van der Waals surface area contributed by atoms with Gasteiger partial charge in [0.2, 0.25) is 0 Å². The molecule has 0 aromatic carbocycles. The third kappa shape index (κ3) is 4.80. The molecule has 3 unspecified atom stereocenters. The maximum atomic E-state index is 3.68. The highest BCUT2D eigenvalue weighted by Gasteiger charge is 2.28. The summed E-state index contributed by atoms with van der Waals surface area (Å²) in [6.45, 7) is 11.7. The van der Waals surface area contributed by atoms with E-state index in [1.54, 1.807) is 0 Å². The van der Waals surface area contributed by atoms with E-state index in [1.165, 1.54) is 43.9 Å². The predicted molar refractivity (Wildman–Crippen MR) is 79.9 cm³/mol. The fourth-order valence-corrected chi connectivity index (χ4v) is 3.44. The molecule has 1 aliphatic heterocycles. The van der Waals surface area contributed by atoms with E-state index in [9.17, 15) is 0 Å². The second kappa shape index (κ2) is 8.39. The first-order chi connectivity index (χ1) is 8.22. The van der Waals surface area contributed by atoms with Gasteiger partial charge in [-0.1, -0.05) is 20.8 Å². The van der Waals surface area contributed by atoms with Gasteiger partial charge in [0, 0.05) is 31.2 Å². The van der Waals surface area contributed by atoms with Crippen LogP contribution >= 0.6 is 11.8 Å². The minimum absolute atomic E-state index is 0.707. The average molecular weight is 258 g/mol. The van der Waals surface area contributed by atoms with Gasteiger partial charge in [-0.3, -0.25) is 4.90 Å². The van der Waals surface area contributed by atoms with Crippen molar-refractivity contribution < 1.29 is 0 Å². The third-order valence-corrected chi connectivity index (χ3v) is 4.89. The SMILES string of the molecule is CCSCCC(C)N1CC(CC)NCC1CC. The van der Waals surface area contributed by atoms with Crippen molar-refractivity contribution in [1.82, 2.24) is 10.2 Å². The second-order valence-corrected chi connectivity index (χ2v) is 6.50. The van der Waals surface area contributed by atoms with Gasteiger partial charge in [-0.2, -0.15) is 11.8 Å². The molecule has 3 heteroatoms. The quantitative estimate of drug-likeness (QED) is 0.707. The fraction of sp³-hybridized carbons (Fsp3) is 1.00. The molecule has 1 heterocycles. The summed E-state index contributed by atoms with van der Waals surface area (Å²) in [5.74, 6) is 2.57. The molecule has 1 aliphatic rings. The zero-order chi connectivity index (χ0) is 12.7. The highest BCUT2D eigenvalue weighted by Crippen LogP contribution is 2.18. The molecule has 17 heavy (non-hydrogen) atoms. The van der Waals surface area contributed by atoms with Crippen molar-refractivity contribution >= 4 is 11.8 Å². The maximum absolute atomic E-state index is 3.68.